The van der Waals surface area contributed by atoms with E-state index in [0.717, 1.165) is 21.3 Å². The van der Waals surface area contributed by atoms with Crippen LogP contribution in [0, 0.1) is 6.92 Å². The number of rotatable bonds is 4. The zero-order chi connectivity index (χ0) is 13.8. The van der Waals surface area contributed by atoms with Gasteiger partial charge in [0.2, 0.25) is 0 Å². The van der Waals surface area contributed by atoms with Crippen molar-refractivity contribution < 1.29 is 9.47 Å². The third-order valence-electron chi connectivity index (χ3n) is 2.83. The van der Waals surface area contributed by atoms with E-state index in [0.29, 0.717) is 18.0 Å². The summed E-state index contributed by atoms with van der Waals surface area (Å²) in [6.07, 6.45) is 0. The molecule has 0 aromatic heterocycles. The fourth-order valence-corrected chi connectivity index (χ4v) is 1.99. The van der Waals surface area contributed by atoms with Gasteiger partial charge in [-0.1, -0.05) is 22.0 Å². The molecule has 0 atom stereocenters. The van der Waals surface area contributed by atoms with Gasteiger partial charge in [-0.15, -0.1) is 0 Å². The third-order valence-corrected chi connectivity index (χ3v) is 3.72. The number of methoxy groups -OCH3 is 1. The van der Waals surface area contributed by atoms with E-state index in [9.17, 15) is 0 Å². The summed E-state index contributed by atoms with van der Waals surface area (Å²) in [4.78, 5) is 0. The average molecular weight is 322 g/mol. The Bertz CT molecular complexity index is 584. The van der Waals surface area contributed by atoms with Gasteiger partial charge in [-0.05, 0) is 48.4 Å². The second-order valence-electron chi connectivity index (χ2n) is 4.28. The number of anilines is 1. The van der Waals surface area contributed by atoms with Crippen LogP contribution >= 0.6 is 15.9 Å². The molecule has 2 aromatic rings. The summed E-state index contributed by atoms with van der Waals surface area (Å²) < 4.78 is 11.9. The van der Waals surface area contributed by atoms with E-state index in [-0.39, 0.29) is 0 Å². The molecule has 0 fully saturated rings. The van der Waals surface area contributed by atoms with Crippen LogP contribution in [0.3, 0.4) is 0 Å². The quantitative estimate of drug-likeness (QED) is 0.868. The highest BCUT2D eigenvalue weighted by Gasteiger charge is 2.03. The number of benzene rings is 2. The molecule has 0 aliphatic rings. The van der Waals surface area contributed by atoms with Crippen molar-refractivity contribution in [3.8, 4) is 11.5 Å². The molecule has 0 bridgehead atoms. The lowest BCUT2D eigenvalue weighted by molar-refractivity contribution is 0.306. The van der Waals surface area contributed by atoms with Gasteiger partial charge >= 0.3 is 0 Å². The first-order valence-corrected chi connectivity index (χ1v) is 6.71. The molecule has 2 aromatic carbocycles. The molecule has 3 nitrogen and oxygen atoms in total. The van der Waals surface area contributed by atoms with Crippen molar-refractivity contribution in [2.45, 2.75) is 13.5 Å². The molecule has 0 radical (unpaired) electrons. The molecular formula is C15H16BrNO2. The van der Waals surface area contributed by atoms with Crippen molar-refractivity contribution in [2.24, 2.45) is 0 Å². The summed E-state index contributed by atoms with van der Waals surface area (Å²) in [5.74, 6) is 1.53. The van der Waals surface area contributed by atoms with Crippen LogP contribution < -0.4 is 15.2 Å². The van der Waals surface area contributed by atoms with E-state index in [1.807, 2.05) is 43.3 Å². The minimum absolute atomic E-state index is 0.481. The average Bonchev–Trinajstić information content (AvgIpc) is 2.40. The maximum atomic E-state index is 5.86. The van der Waals surface area contributed by atoms with E-state index < -0.39 is 0 Å². The maximum absolute atomic E-state index is 5.86. The minimum Gasteiger partial charge on any atom is -0.495 e. The van der Waals surface area contributed by atoms with Crippen LogP contribution in [0.5, 0.6) is 11.5 Å². The molecule has 0 amide bonds. The van der Waals surface area contributed by atoms with Crippen molar-refractivity contribution in [1.29, 1.82) is 0 Å². The molecule has 19 heavy (non-hydrogen) atoms. The lowest BCUT2D eigenvalue weighted by Gasteiger charge is -2.10. The summed E-state index contributed by atoms with van der Waals surface area (Å²) in [6.45, 7) is 2.51. The number of halogens is 1. The van der Waals surface area contributed by atoms with Gasteiger partial charge in [0.15, 0.2) is 0 Å². The standard InChI is InChI=1S/C15H16BrNO2/c1-10-7-12(4-5-13(10)16)19-9-11-3-6-15(18-2)14(17)8-11/h3-8H,9,17H2,1-2H3. The Balaban J connectivity index is 2.05. The molecule has 100 valence electrons. The summed E-state index contributed by atoms with van der Waals surface area (Å²) in [7, 11) is 1.60. The Labute approximate surface area is 121 Å². The third kappa shape index (κ3) is 3.41. The van der Waals surface area contributed by atoms with Crippen molar-refractivity contribution in [3.05, 3.63) is 52.0 Å². The van der Waals surface area contributed by atoms with Gasteiger partial charge in [0, 0.05) is 4.47 Å². The molecule has 0 heterocycles. The van der Waals surface area contributed by atoms with Crippen LogP contribution in [0.1, 0.15) is 11.1 Å². The Morgan fingerprint density at radius 2 is 1.95 bits per heavy atom. The second kappa shape index (κ2) is 5.97. The Hall–Kier alpha value is -1.68. The molecule has 4 heteroatoms. The van der Waals surface area contributed by atoms with Crippen LogP contribution in [0.15, 0.2) is 40.9 Å². The normalized spacial score (nSPS) is 10.3. The molecule has 2 N–H and O–H groups in total. The van der Waals surface area contributed by atoms with Crippen molar-refractivity contribution in [1.82, 2.24) is 0 Å². The highest BCUT2D eigenvalue weighted by Crippen LogP contribution is 2.24. The fourth-order valence-electron chi connectivity index (χ4n) is 1.75. The SMILES string of the molecule is COc1ccc(COc2ccc(Br)c(C)c2)cc1N. The number of aryl methyl sites for hydroxylation is 1. The molecule has 0 saturated carbocycles. The lowest BCUT2D eigenvalue weighted by Crippen LogP contribution is -1.98. The lowest BCUT2D eigenvalue weighted by atomic mass is 10.2. The second-order valence-corrected chi connectivity index (χ2v) is 5.13. The number of nitrogens with two attached hydrogens (primary N) is 1. The number of hydrogen-bond donors (Lipinski definition) is 1. The fraction of sp³-hybridized carbons (Fsp3) is 0.200. The Morgan fingerprint density at radius 3 is 2.58 bits per heavy atom. The number of hydrogen-bond acceptors (Lipinski definition) is 3. The number of nitrogen functional groups attached to an aromatic ring is 1. The van der Waals surface area contributed by atoms with Crippen LogP contribution in [0.2, 0.25) is 0 Å². The van der Waals surface area contributed by atoms with Crippen molar-refractivity contribution in [3.63, 3.8) is 0 Å². The summed E-state index contributed by atoms with van der Waals surface area (Å²) in [5, 5.41) is 0. The zero-order valence-electron chi connectivity index (χ0n) is 10.9. The van der Waals surface area contributed by atoms with Gasteiger partial charge in [0.1, 0.15) is 18.1 Å². The predicted octanol–water partition coefficient (Wildman–Crippen LogP) is 3.93. The van der Waals surface area contributed by atoms with E-state index in [4.69, 9.17) is 15.2 Å². The zero-order valence-corrected chi connectivity index (χ0v) is 12.5. The van der Waals surface area contributed by atoms with Crippen molar-refractivity contribution in [2.75, 3.05) is 12.8 Å². The largest absolute Gasteiger partial charge is 0.495 e. The molecular weight excluding hydrogens is 306 g/mol. The maximum Gasteiger partial charge on any atom is 0.141 e. The Kier molecular flexibility index (Phi) is 4.32. The van der Waals surface area contributed by atoms with Crippen molar-refractivity contribution >= 4 is 21.6 Å². The predicted molar refractivity (Wildman–Crippen MR) is 80.6 cm³/mol. The summed E-state index contributed by atoms with van der Waals surface area (Å²) in [5.41, 5.74) is 8.64. The first-order valence-electron chi connectivity index (χ1n) is 5.91. The van der Waals surface area contributed by atoms with E-state index in [1.54, 1.807) is 7.11 Å². The molecule has 0 aliphatic carbocycles. The van der Waals surface area contributed by atoms with Gasteiger partial charge < -0.3 is 15.2 Å². The van der Waals surface area contributed by atoms with Gasteiger partial charge in [-0.2, -0.15) is 0 Å². The highest BCUT2D eigenvalue weighted by atomic mass is 79.9. The molecule has 0 aliphatic heterocycles. The van der Waals surface area contributed by atoms with Crippen LogP contribution in [0.4, 0.5) is 5.69 Å². The topological polar surface area (TPSA) is 44.5 Å². The van der Waals surface area contributed by atoms with Crippen LogP contribution in [0.25, 0.3) is 0 Å². The first-order chi connectivity index (χ1) is 9.10. The minimum atomic E-state index is 0.481. The van der Waals surface area contributed by atoms with Crippen LogP contribution in [-0.4, -0.2) is 7.11 Å². The number of ether oxygens (including phenoxy) is 2. The summed E-state index contributed by atoms with van der Waals surface area (Å²) >= 11 is 3.46. The highest BCUT2D eigenvalue weighted by molar-refractivity contribution is 9.10. The molecule has 0 saturated heterocycles. The monoisotopic (exact) mass is 321 g/mol. The van der Waals surface area contributed by atoms with E-state index in [2.05, 4.69) is 15.9 Å². The van der Waals surface area contributed by atoms with E-state index >= 15 is 0 Å². The molecule has 0 spiro atoms. The van der Waals surface area contributed by atoms with Crippen LogP contribution in [-0.2, 0) is 6.61 Å². The van der Waals surface area contributed by atoms with Gasteiger partial charge in [0.25, 0.3) is 0 Å². The Morgan fingerprint density at radius 1 is 1.16 bits per heavy atom. The van der Waals surface area contributed by atoms with Gasteiger partial charge in [-0.3, -0.25) is 0 Å². The molecule has 2 rings (SSSR count). The van der Waals surface area contributed by atoms with Gasteiger partial charge in [-0.25, -0.2) is 0 Å². The molecule has 0 unspecified atom stereocenters. The van der Waals surface area contributed by atoms with E-state index in [1.165, 1.54) is 0 Å². The first kappa shape index (κ1) is 13.7. The van der Waals surface area contributed by atoms with Gasteiger partial charge in [0.05, 0.1) is 12.8 Å². The smallest absolute Gasteiger partial charge is 0.141 e. The summed E-state index contributed by atoms with van der Waals surface area (Å²) in [6, 6.07) is 11.6.